The highest BCUT2D eigenvalue weighted by atomic mass is 32.2. The van der Waals surface area contributed by atoms with Gasteiger partial charge in [0.15, 0.2) is 5.03 Å². The quantitative estimate of drug-likeness (QED) is 0.868. The van der Waals surface area contributed by atoms with Gasteiger partial charge in [-0.05, 0) is 25.0 Å². The molecule has 1 aliphatic heterocycles. The summed E-state index contributed by atoms with van der Waals surface area (Å²) in [4.78, 5) is 4.19. The van der Waals surface area contributed by atoms with Crippen LogP contribution in [-0.4, -0.2) is 22.3 Å². The number of nitrogens with zero attached hydrogens (tertiary/aromatic N) is 3. The second-order valence-electron chi connectivity index (χ2n) is 4.95. The van der Waals surface area contributed by atoms with Crippen LogP contribution in [0.4, 0.5) is 0 Å². The van der Waals surface area contributed by atoms with Gasteiger partial charge in [-0.1, -0.05) is 24.3 Å². The summed E-state index contributed by atoms with van der Waals surface area (Å²) in [6, 6.07) is 7.82. The van der Waals surface area contributed by atoms with Crippen LogP contribution >= 0.6 is 0 Å². The van der Waals surface area contributed by atoms with Crippen molar-refractivity contribution in [2.24, 2.45) is 0 Å². The van der Waals surface area contributed by atoms with E-state index in [9.17, 15) is 8.42 Å². The average Bonchev–Trinajstić information content (AvgIpc) is 3.02. The molecule has 6 heteroatoms. The molecule has 0 saturated carbocycles. The Labute approximate surface area is 118 Å². The van der Waals surface area contributed by atoms with Gasteiger partial charge < -0.3 is 4.57 Å². The Bertz CT molecular complexity index is 725. The smallest absolute Gasteiger partial charge is 0.262 e. The number of fused-ring (bicyclic) bond motifs is 1. The summed E-state index contributed by atoms with van der Waals surface area (Å²) in [7, 11) is -3.52. The van der Waals surface area contributed by atoms with E-state index in [1.807, 2.05) is 42.7 Å². The third-order valence-corrected chi connectivity index (χ3v) is 5.37. The monoisotopic (exact) mass is 291 g/mol. The molecule has 0 fully saturated rings. The molecule has 20 heavy (non-hydrogen) atoms. The summed E-state index contributed by atoms with van der Waals surface area (Å²) < 4.78 is 28.6. The van der Waals surface area contributed by atoms with Gasteiger partial charge in [0.1, 0.15) is 5.82 Å². The Kier molecular flexibility index (Phi) is 3.14. The maximum atomic E-state index is 12.6. The molecular weight excluding hydrogens is 274 g/mol. The van der Waals surface area contributed by atoms with E-state index in [1.165, 1.54) is 4.31 Å². The normalized spacial score (nSPS) is 15.5. The summed E-state index contributed by atoms with van der Waals surface area (Å²) in [5, 5.41) is 0.143. The number of benzene rings is 1. The Balaban J connectivity index is 1.94. The van der Waals surface area contributed by atoms with Crippen molar-refractivity contribution in [3.63, 3.8) is 0 Å². The van der Waals surface area contributed by atoms with Crippen molar-refractivity contribution in [1.82, 2.24) is 13.9 Å². The number of sulfonamides is 1. The first-order valence-electron chi connectivity index (χ1n) is 6.63. The summed E-state index contributed by atoms with van der Waals surface area (Å²) in [6.07, 6.45) is 1.62. The average molecular weight is 291 g/mol. The lowest BCUT2D eigenvalue weighted by atomic mass is 10.1. The summed E-state index contributed by atoms with van der Waals surface area (Å²) in [5.74, 6) is 0.725. The van der Waals surface area contributed by atoms with Crippen molar-refractivity contribution >= 4 is 10.0 Å². The van der Waals surface area contributed by atoms with Gasteiger partial charge in [0.25, 0.3) is 10.0 Å². The topological polar surface area (TPSA) is 55.2 Å². The molecule has 0 spiro atoms. The fourth-order valence-corrected chi connectivity index (χ4v) is 3.92. The highest BCUT2D eigenvalue weighted by molar-refractivity contribution is 7.89. The standard InChI is InChI=1S/C14H17N3O2S/c1-3-16-10-14(15-11(16)2)20(18,19)17-8-12-6-4-5-7-13(12)9-17/h4-7,10H,3,8-9H2,1-2H3. The lowest BCUT2D eigenvalue weighted by Gasteiger charge is -2.13. The van der Waals surface area contributed by atoms with Crippen molar-refractivity contribution in [2.75, 3.05) is 0 Å². The molecule has 0 unspecified atom stereocenters. The van der Waals surface area contributed by atoms with Crippen LogP contribution in [0.25, 0.3) is 0 Å². The highest BCUT2D eigenvalue weighted by Crippen LogP contribution is 2.28. The maximum Gasteiger partial charge on any atom is 0.262 e. The molecular formula is C14H17N3O2S. The lowest BCUT2D eigenvalue weighted by molar-refractivity contribution is 0.429. The molecule has 2 aromatic rings. The Morgan fingerprint density at radius 3 is 2.30 bits per heavy atom. The molecule has 0 N–H and O–H groups in total. The van der Waals surface area contributed by atoms with Crippen LogP contribution in [0.2, 0.25) is 0 Å². The second-order valence-corrected chi connectivity index (χ2v) is 6.84. The van der Waals surface area contributed by atoms with Crippen molar-refractivity contribution in [2.45, 2.75) is 38.5 Å². The van der Waals surface area contributed by atoms with Crippen LogP contribution < -0.4 is 0 Å². The maximum absolute atomic E-state index is 12.6. The predicted molar refractivity (Wildman–Crippen MR) is 75.5 cm³/mol. The molecule has 0 amide bonds. The highest BCUT2D eigenvalue weighted by Gasteiger charge is 2.32. The van der Waals surface area contributed by atoms with Gasteiger partial charge in [0.05, 0.1) is 0 Å². The fraction of sp³-hybridized carbons (Fsp3) is 0.357. The molecule has 0 aliphatic carbocycles. The molecule has 0 radical (unpaired) electrons. The Morgan fingerprint density at radius 1 is 1.20 bits per heavy atom. The van der Waals surface area contributed by atoms with Crippen molar-refractivity contribution < 1.29 is 8.42 Å². The van der Waals surface area contributed by atoms with Gasteiger partial charge in [0.2, 0.25) is 0 Å². The van der Waals surface area contributed by atoms with E-state index in [1.54, 1.807) is 6.20 Å². The van der Waals surface area contributed by atoms with Crippen LogP contribution in [0.5, 0.6) is 0 Å². The minimum atomic E-state index is -3.52. The molecule has 1 aliphatic rings. The number of hydrogen-bond acceptors (Lipinski definition) is 3. The largest absolute Gasteiger partial charge is 0.334 e. The number of hydrogen-bond donors (Lipinski definition) is 0. The zero-order valence-corrected chi connectivity index (χ0v) is 12.4. The summed E-state index contributed by atoms with van der Waals surface area (Å²) in [5.41, 5.74) is 2.14. The van der Waals surface area contributed by atoms with Crippen molar-refractivity contribution in [1.29, 1.82) is 0 Å². The van der Waals surface area contributed by atoms with E-state index in [2.05, 4.69) is 4.98 Å². The van der Waals surface area contributed by atoms with Crippen LogP contribution in [0.1, 0.15) is 23.9 Å². The number of imidazole rings is 1. The van der Waals surface area contributed by atoms with Gasteiger partial charge in [-0.3, -0.25) is 0 Å². The minimum Gasteiger partial charge on any atom is -0.334 e. The number of rotatable bonds is 3. The van der Waals surface area contributed by atoms with Crippen LogP contribution in [0.15, 0.2) is 35.5 Å². The molecule has 1 aromatic heterocycles. The molecule has 2 heterocycles. The van der Waals surface area contributed by atoms with E-state index in [4.69, 9.17) is 0 Å². The SMILES string of the molecule is CCn1cc(S(=O)(=O)N2Cc3ccccc3C2)nc1C. The summed E-state index contributed by atoms with van der Waals surface area (Å²) >= 11 is 0. The van der Waals surface area contributed by atoms with Crippen LogP contribution in [-0.2, 0) is 29.7 Å². The second kappa shape index (κ2) is 4.71. The van der Waals surface area contributed by atoms with Gasteiger partial charge in [-0.15, -0.1) is 0 Å². The summed E-state index contributed by atoms with van der Waals surface area (Å²) in [6.45, 7) is 5.36. The lowest BCUT2D eigenvalue weighted by Crippen LogP contribution is -2.26. The third kappa shape index (κ3) is 2.05. The predicted octanol–water partition coefficient (Wildman–Crippen LogP) is 1.92. The first kappa shape index (κ1) is 13.3. The van der Waals surface area contributed by atoms with Crippen LogP contribution in [0.3, 0.4) is 0 Å². The number of aromatic nitrogens is 2. The first-order chi connectivity index (χ1) is 9.52. The van der Waals surface area contributed by atoms with E-state index in [0.717, 1.165) is 17.0 Å². The zero-order valence-electron chi connectivity index (χ0n) is 11.6. The van der Waals surface area contributed by atoms with Gasteiger partial charge in [-0.25, -0.2) is 13.4 Å². The van der Waals surface area contributed by atoms with E-state index < -0.39 is 10.0 Å². The van der Waals surface area contributed by atoms with E-state index in [-0.39, 0.29) is 5.03 Å². The Morgan fingerprint density at radius 2 is 1.80 bits per heavy atom. The molecule has 0 bridgehead atoms. The Hall–Kier alpha value is -1.66. The molecule has 1 aromatic carbocycles. The van der Waals surface area contributed by atoms with E-state index >= 15 is 0 Å². The number of aryl methyl sites for hydroxylation is 2. The fourth-order valence-electron chi connectivity index (χ4n) is 2.53. The van der Waals surface area contributed by atoms with Gasteiger partial charge in [0, 0.05) is 25.8 Å². The van der Waals surface area contributed by atoms with Gasteiger partial charge in [-0.2, -0.15) is 4.31 Å². The van der Waals surface area contributed by atoms with Crippen LogP contribution in [0, 0.1) is 6.92 Å². The minimum absolute atomic E-state index is 0.143. The first-order valence-corrected chi connectivity index (χ1v) is 8.07. The van der Waals surface area contributed by atoms with Gasteiger partial charge >= 0.3 is 0 Å². The third-order valence-electron chi connectivity index (χ3n) is 3.71. The van der Waals surface area contributed by atoms with Crippen molar-refractivity contribution in [3.05, 3.63) is 47.4 Å². The molecule has 0 saturated heterocycles. The molecule has 0 atom stereocenters. The zero-order chi connectivity index (χ0) is 14.3. The molecule has 3 rings (SSSR count). The molecule has 5 nitrogen and oxygen atoms in total. The molecule has 106 valence electrons. The van der Waals surface area contributed by atoms with Crippen molar-refractivity contribution in [3.8, 4) is 0 Å². The van der Waals surface area contributed by atoms with E-state index in [0.29, 0.717) is 19.6 Å².